The van der Waals surface area contributed by atoms with Crippen LogP contribution in [0.15, 0.2) is 30.3 Å². The number of amides is 2. The molecule has 2 aliphatic rings. The number of aliphatic hydroxyl groups is 1. The number of nitrogens with one attached hydrogen (secondary N) is 1. The zero-order chi connectivity index (χ0) is 12.5. The van der Waals surface area contributed by atoms with Crippen molar-refractivity contribution in [3.05, 3.63) is 30.3 Å². The third-order valence-electron chi connectivity index (χ3n) is 3.97. The van der Waals surface area contributed by atoms with Crippen molar-refractivity contribution in [3.8, 4) is 0 Å². The molecule has 2 unspecified atom stereocenters. The summed E-state index contributed by atoms with van der Waals surface area (Å²) >= 11 is 0. The minimum absolute atomic E-state index is 0.0272. The molecule has 1 aromatic rings. The van der Waals surface area contributed by atoms with Crippen molar-refractivity contribution < 1.29 is 9.90 Å². The number of anilines is 1. The van der Waals surface area contributed by atoms with Crippen molar-refractivity contribution in [1.29, 1.82) is 0 Å². The van der Waals surface area contributed by atoms with E-state index in [4.69, 9.17) is 0 Å². The molecule has 0 spiro atoms. The molecule has 0 saturated carbocycles. The molecular formula is C14H18N2O2. The molecule has 0 radical (unpaired) electrons. The summed E-state index contributed by atoms with van der Waals surface area (Å²) in [5.41, 5.74) is 0.827. The van der Waals surface area contributed by atoms with Crippen LogP contribution in [0.25, 0.3) is 0 Å². The fraction of sp³-hybridized carbons (Fsp3) is 0.500. The van der Waals surface area contributed by atoms with Crippen molar-refractivity contribution >= 4 is 11.7 Å². The van der Waals surface area contributed by atoms with E-state index in [1.807, 2.05) is 35.2 Å². The number of rotatable bonds is 1. The maximum atomic E-state index is 12.3. The average Bonchev–Trinajstić information content (AvgIpc) is 2.63. The van der Waals surface area contributed by atoms with Crippen molar-refractivity contribution in [3.63, 3.8) is 0 Å². The van der Waals surface area contributed by atoms with Crippen LogP contribution in [0.3, 0.4) is 0 Å². The molecule has 1 aromatic carbocycles. The normalized spacial score (nSPS) is 30.3. The molecular weight excluding hydrogens is 228 g/mol. The van der Waals surface area contributed by atoms with Gasteiger partial charge in [-0.15, -0.1) is 0 Å². The van der Waals surface area contributed by atoms with Gasteiger partial charge in [-0.3, -0.25) is 0 Å². The second-order valence-corrected chi connectivity index (χ2v) is 5.21. The Kier molecular flexibility index (Phi) is 2.96. The van der Waals surface area contributed by atoms with E-state index >= 15 is 0 Å². The van der Waals surface area contributed by atoms with Gasteiger partial charge in [0.25, 0.3) is 0 Å². The third-order valence-corrected chi connectivity index (χ3v) is 3.97. The highest BCUT2D eigenvalue weighted by atomic mass is 16.3. The average molecular weight is 246 g/mol. The molecule has 2 atom stereocenters. The molecule has 0 aromatic heterocycles. The first-order valence-corrected chi connectivity index (χ1v) is 6.56. The smallest absolute Gasteiger partial charge is 0.322 e. The van der Waals surface area contributed by atoms with Crippen LogP contribution in [0.2, 0.25) is 0 Å². The number of hydrogen-bond acceptors (Lipinski definition) is 2. The number of benzene rings is 1. The van der Waals surface area contributed by atoms with Crippen LogP contribution in [0.4, 0.5) is 10.5 Å². The van der Waals surface area contributed by atoms with E-state index in [1.54, 1.807) is 0 Å². The van der Waals surface area contributed by atoms with Gasteiger partial charge in [-0.2, -0.15) is 0 Å². The van der Waals surface area contributed by atoms with Gasteiger partial charge in [-0.05, 0) is 37.8 Å². The molecule has 96 valence electrons. The highest BCUT2D eigenvalue weighted by molar-refractivity contribution is 5.90. The zero-order valence-corrected chi connectivity index (χ0v) is 10.2. The lowest BCUT2D eigenvalue weighted by Crippen LogP contribution is -2.49. The third kappa shape index (κ3) is 2.08. The Hall–Kier alpha value is -1.55. The van der Waals surface area contributed by atoms with Crippen LogP contribution in [0, 0.1) is 0 Å². The number of fused-ring (bicyclic) bond motifs is 2. The predicted octanol–water partition coefficient (Wildman–Crippen LogP) is 2.21. The highest BCUT2D eigenvalue weighted by Gasteiger charge is 2.42. The van der Waals surface area contributed by atoms with Crippen LogP contribution in [0.1, 0.15) is 25.7 Å². The lowest BCUT2D eigenvalue weighted by molar-refractivity contribution is 0.0580. The molecule has 2 N–H and O–H groups in total. The fourth-order valence-electron chi connectivity index (χ4n) is 3.19. The molecule has 2 fully saturated rings. The first-order chi connectivity index (χ1) is 8.74. The van der Waals surface area contributed by atoms with Gasteiger partial charge in [0.2, 0.25) is 0 Å². The first-order valence-electron chi connectivity index (χ1n) is 6.56. The standard InChI is InChI=1S/C14H18N2O2/c17-13-8-11-6-7-12(9-13)16(11)14(18)15-10-4-2-1-3-5-10/h1-5,11-13,17H,6-9H2,(H,15,18). The number of hydrogen-bond donors (Lipinski definition) is 2. The van der Waals surface area contributed by atoms with Crippen LogP contribution >= 0.6 is 0 Å². The molecule has 18 heavy (non-hydrogen) atoms. The predicted molar refractivity (Wildman–Crippen MR) is 69.4 cm³/mol. The van der Waals surface area contributed by atoms with Crippen molar-refractivity contribution in [1.82, 2.24) is 4.90 Å². The number of carbonyl (C=O) groups is 1. The Morgan fingerprint density at radius 3 is 2.39 bits per heavy atom. The van der Waals surface area contributed by atoms with Crippen LogP contribution in [0.5, 0.6) is 0 Å². The van der Waals surface area contributed by atoms with Crippen LogP contribution in [-0.2, 0) is 0 Å². The van der Waals surface area contributed by atoms with E-state index in [1.165, 1.54) is 0 Å². The summed E-state index contributed by atoms with van der Waals surface area (Å²) in [6.45, 7) is 0. The maximum absolute atomic E-state index is 12.3. The van der Waals surface area contributed by atoms with Crippen molar-refractivity contribution in [2.24, 2.45) is 0 Å². The summed E-state index contributed by atoms with van der Waals surface area (Å²) in [5, 5.41) is 12.7. The van der Waals surface area contributed by atoms with Gasteiger partial charge < -0.3 is 15.3 Å². The Morgan fingerprint density at radius 1 is 1.17 bits per heavy atom. The molecule has 3 rings (SSSR count). The van der Waals surface area contributed by atoms with Gasteiger partial charge in [0.15, 0.2) is 0 Å². The quantitative estimate of drug-likeness (QED) is 0.798. The Balaban J connectivity index is 1.70. The van der Waals surface area contributed by atoms with Crippen LogP contribution < -0.4 is 5.32 Å². The highest BCUT2D eigenvalue weighted by Crippen LogP contribution is 2.36. The van der Waals surface area contributed by atoms with Gasteiger partial charge in [0.05, 0.1) is 6.10 Å². The minimum atomic E-state index is -0.233. The fourth-order valence-corrected chi connectivity index (χ4v) is 3.19. The second-order valence-electron chi connectivity index (χ2n) is 5.21. The molecule has 2 heterocycles. The summed E-state index contributed by atoms with van der Waals surface area (Å²) in [6, 6.07) is 9.91. The number of piperidine rings is 1. The summed E-state index contributed by atoms with van der Waals surface area (Å²) in [4.78, 5) is 14.2. The summed E-state index contributed by atoms with van der Waals surface area (Å²) in [5.74, 6) is 0. The number of aliphatic hydroxyl groups excluding tert-OH is 1. The van der Waals surface area contributed by atoms with E-state index in [0.29, 0.717) is 0 Å². The molecule has 2 aliphatic heterocycles. The van der Waals surface area contributed by atoms with E-state index in [0.717, 1.165) is 31.4 Å². The largest absolute Gasteiger partial charge is 0.393 e. The van der Waals surface area contributed by atoms with Gasteiger partial charge in [-0.25, -0.2) is 4.79 Å². The van der Waals surface area contributed by atoms with Crippen molar-refractivity contribution in [2.75, 3.05) is 5.32 Å². The number of nitrogens with zero attached hydrogens (tertiary/aromatic N) is 1. The van der Waals surface area contributed by atoms with E-state index in [9.17, 15) is 9.90 Å². The number of para-hydroxylation sites is 1. The SMILES string of the molecule is O=C(Nc1ccccc1)N1C2CCC1CC(O)C2. The second kappa shape index (κ2) is 4.61. The molecule has 4 nitrogen and oxygen atoms in total. The Labute approximate surface area is 107 Å². The van der Waals surface area contributed by atoms with Gasteiger partial charge >= 0.3 is 6.03 Å². The first kappa shape index (κ1) is 11.5. The number of carbonyl (C=O) groups excluding carboxylic acids is 1. The zero-order valence-electron chi connectivity index (χ0n) is 10.2. The lowest BCUT2D eigenvalue weighted by Gasteiger charge is -2.37. The maximum Gasteiger partial charge on any atom is 0.322 e. The van der Waals surface area contributed by atoms with Gasteiger partial charge in [-0.1, -0.05) is 18.2 Å². The minimum Gasteiger partial charge on any atom is -0.393 e. The topological polar surface area (TPSA) is 52.6 Å². The van der Waals surface area contributed by atoms with Crippen molar-refractivity contribution in [2.45, 2.75) is 43.9 Å². The van der Waals surface area contributed by atoms with Crippen LogP contribution in [-0.4, -0.2) is 34.2 Å². The number of urea groups is 1. The summed E-state index contributed by atoms with van der Waals surface area (Å²) < 4.78 is 0. The van der Waals surface area contributed by atoms with Gasteiger partial charge in [0.1, 0.15) is 0 Å². The monoisotopic (exact) mass is 246 g/mol. The molecule has 0 aliphatic carbocycles. The van der Waals surface area contributed by atoms with E-state index in [-0.39, 0.29) is 24.2 Å². The molecule has 2 amide bonds. The summed E-state index contributed by atoms with van der Waals surface area (Å²) in [7, 11) is 0. The van der Waals surface area contributed by atoms with E-state index < -0.39 is 0 Å². The molecule has 2 saturated heterocycles. The molecule has 4 heteroatoms. The lowest BCUT2D eigenvalue weighted by atomic mass is 10.0. The summed E-state index contributed by atoms with van der Waals surface area (Å²) in [6.07, 6.45) is 3.24. The van der Waals surface area contributed by atoms with Gasteiger partial charge in [0, 0.05) is 17.8 Å². The Morgan fingerprint density at radius 2 is 1.78 bits per heavy atom. The van der Waals surface area contributed by atoms with E-state index in [2.05, 4.69) is 5.32 Å². The molecule has 2 bridgehead atoms. The Bertz CT molecular complexity index is 421.